The lowest BCUT2D eigenvalue weighted by atomic mass is 10.2. The average Bonchev–Trinajstić information content (AvgIpc) is 3.30. The number of amides is 3. The Hall–Kier alpha value is -3.07. The lowest BCUT2D eigenvalue weighted by Gasteiger charge is -2.12. The van der Waals surface area contributed by atoms with Gasteiger partial charge in [-0.25, -0.2) is 4.98 Å². The molecule has 0 radical (unpaired) electrons. The van der Waals surface area contributed by atoms with Crippen LogP contribution in [0.25, 0.3) is 6.08 Å². The Morgan fingerprint density at radius 2 is 2.11 bits per heavy atom. The third-order valence-electron chi connectivity index (χ3n) is 4.12. The summed E-state index contributed by atoms with van der Waals surface area (Å²) < 4.78 is 5.10. The Morgan fingerprint density at radius 1 is 1.32 bits per heavy atom. The van der Waals surface area contributed by atoms with Gasteiger partial charge in [-0.3, -0.25) is 19.3 Å². The lowest BCUT2D eigenvalue weighted by Crippen LogP contribution is -2.34. The van der Waals surface area contributed by atoms with E-state index in [1.807, 2.05) is 0 Å². The van der Waals surface area contributed by atoms with Crippen molar-refractivity contribution in [1.29, 1.82) is 0 Å². The molecule has 0 spiro atoms. The summed E-state index contributed by atoms with van der Waals surface area (Å²) in [5, 5.41) is 2.40. The van der Waals surface area contributed by atoms with Gasteiger partial charge in [0.25, 0.3) is 11.1 Å². The van der Waals surface area contributed by atoms with Crippen LogP contribution >= 0.6 is 11.8 Å². The maximum Gasteiger partial charge on any atom is 0.293 e. The first-order valence-corrected chi connectivity index (χ1v) is 9.52. The van der Waals surface area contributed by atoms with Crippen LogP contribution in [-0.4, -0.2) is 52.1 Å². The van der Waals surface area contributed by atoms with E-state index in [0.717, 1.165) is 27.9 Å². The first kappa shape index (κ1) is 19.7. The fourth-order valence-corrected chi connectivity index (χ4v) is 3.47. The summed E-state index contributed by atoms with van der Waals surface area (Å²) in [5.74, 6) is 0.123. The zero-order valence-corrected chi connectivity index (χ0v) is 16.1. The molecule has 28 heavy (non-hydrogen) atoms. The van der Waals surface area contributed by atoms with Crippen molar-refractivity contribution in [2.45, 2.75) is 12.8 Å². The number of nitrogens with zero attached hydrogens (tertiary/aromatic N) is 2. The Labute approximate surface area is 166 Å². The topological polar surface area (TPSA) is 104 Å². The maximum absolute atomic E-state index is 12.5. The smallest absolute Gasteiger partial charge is 0.293 e. The van der Waals surface area contributed by atoms with Crippen LogP contribution in [0, 0.1) is 0 Å². The van der Waals surface area contributed by atoms with Crippen molar-refractivity contribution < 1.29 is 19.1 Å². The molecule has 2 heterocycles. The Balaban J connectivity index is 1.50. The molecule has 9 heteroatoms. The SMILES string of the molecule is COc1ccc(C=C2SC(=O)N(CCC(=O)NCCc3cnc[nH]3)C2=O)cc1. The van der Waals surface area contributed by atoms with Gasteiger partial charge in [-0.05, 0) is 35.5 Å². The molecule has 3 amide bonds. The minimum Gasteiger partial charge on any atom is -0.497 e. The normalized spacial score (nSPS) is 15.3. The highest BCUT2D eigenvalue weighted by molar-refractivity contribution is 8.18. The van der Waals surface area contributed by atoms with E-state index < -0.39 is 0 Å². The van der Waals surface area contributed by atoms with Gasteiger partial charge in [-0.15, -0.1) is 0 Å². The Bertz CT molecular complexity index is 878. The fraction of sp³-hybridized carbons (Fsp3) is 0.263. The number of H-pyrrole nitrogens is 1. The van der Waals surface area contributed by atoms with Crippen LogP contribution in [0.3, 0.4) is 0 Å². The van der Waals surface area contributed by atoms with Crippen LogP contribution in [-0.2, 0) is 16.0 Å². The quantitative estimate of drug-likeness (QED) is 0.659. The van der Waals surface area contributed by atoms with Crippen molar-refractivity contribution in [2.75, 3.05) is 20.2 Å². The number of benzene rings is 1. The van der Waals surface area contributed by atoms with Crippen molar-refractivity contribution >= 4 is 34.9 Å². The molecule has 0 atom stereocenters. The van der Waals surface area contributed by atoms with Gasteiger partial charge in [0, 0.05) is 37.8 Å². The van der Waals surface area contributed by atoms with Gasteiger partial charge in [-0.1, -0.05) is 12.1 Å². The molecule has 1 aliphatic rings. The van der Waals surface area contributed by atoms with Gasteiger partial charge >= 0.3 is 0 Å². The first-order chi connectivity index (χ1) is 13.6. The van der Waals surface area contributed by atoms with Gasteiger partial charge < -0.3 is 15.0 Å². The fourth-order valence-electron chi connectivity index (χ4n) is 2.60. The van der Waals surface area contributed by atoms with Gasteiger partial charge in [0.1, 0.15) is 5.75 Å². The second-order valence-corrected chi connectivity index (χ2v) is 7.03. The van der Waals surface area contributed by atoms with Crippen LogP contribution < -0.4 is 10.1 Å². The molecule has 3 rings (SSSR count). The number of methoxy groups -OCH3 is 1. The molecule has 1 fully saturated rings. The molecule has 146 valence electrons. The van der Waals surface area contributed by atoms with Crippen molar-refractivity contribution in [3.05, 3.63) is 53.0 Å². The second-order valence-electron chi connectivity index (χ2n) is 6.03. The van der Waals surface area contributed by atoms with E-state index in [0.29, 0.717) is 23.6 Å². The largest absolute Gasteiger partial charge is 0.497 e. The summed E-state index contributed by atoms with van der Waals surface area (Å²) in [6.07, 6.45) is 5.64. The molecule has 1 aromatic carbocycles. The predicted molar refractivity (Wildman–Crippen MR) is 106 cm³/mol. The average molecular weight is 400 g/mol. The number of hydrogen-bond donors (Lipinski definition) is 2. The molecule has 0 aliphatic carbocycles. The number of carbonyl (C=O) groups excluding carboxylic acids is 3. The number of thioether (sulfide) groups is 1. The van der Waals surface area contributed by atoms with Crippen LogP contribution in [0.15, 0.2) is 41.7 Å². The summed E-state index contributed by atoms with van der Waals surface area (Å²) in [6, 6.07) is 7.17. The van der Waals surface area contributed by atoms with E-state index in [-0.39, 0.29) is 30.0 Å². The van der Waals surface area contributed by atoms with Gasteiger partial charge in [-0.2, -0.15) is 0 Å². The van der Waals surface area contributed by atoms with Crippen molar-refractivity contribution in [2.24, 2.45) is 0 Å². The minimum absolute atomic E-state index is 0.0561. The molecule has 2 N–H and O–H groups in total. The molecular formula is C19H20N4O4S. The highest BCUT2D eigenvalue weighted by atomic mass is 32.2. The van der Waals surface area contributed by atoms with E-state index >= 15 is 0 Å². The predicted octanol–water partition coefficient (Wildman–Crippen LogP) is 2.20. The number of nitrogens with one attached hydrogen (secondary N) is 2. The molecule has 8 nitrogen and oxygen atoms in total. The third-order valence-corrected chi connectivity index (χ3v) is 5.03. The summed E-state index contributed by atoms with van der Waals surface area (Å²) in [7, 11) is 1.58. The van der Waals surface area contributed by atoms with Gasteiger partial charge in [0.05, 0.1) is 18.3 Å². The lowest BCUT2D eigenvalue weighted by molar-refractivity contribution is -0.124. The summed E-state index contributed by atoms with van der Waals surface area (Å²) in [5.41, 5.74) is 1.72. The summed E-state index contributed by atoms with van der Waals surface area (Å²) in [6.45, 7) is 0.515. The molecule has 1 aromatic heterocycles. The van der Waals surface area contributed by atoms with E-state index in [1.54, 1.807) is 50.0 Å². The molecule has 0 unspecified atom stereocenters. The standard InChI is InChI=1S/C19H20N4O4S/c1-27-15-4-2-13(3-5-15)10-16-18(25)23(19(26)28-16)9-7-17(24)21-8-6-14-11-20-12-22-14/h2-5,10-12H,6-9H2,1H3,(H,20,22)(H,21,24). The molecular weight excluding hydrogens is 380 g/mol. The molecule has 2 aromatic rings. The van der Waals surface area contributed by atoms with Crippen LogP contribution in [0.1, 0.15) is 17.7 Å². The highest BCUT2D eigenvalue weighted by Crippen LogP contribution is 2.32. The minimum atomic E-state index is -0.379. The van der Waals surface area contributed by atoms with Crippen LogP contribution in [0.5, 0.6) is 5.75 Å². The van der Waals surface area contributed by atoms with Gasteiger partial charge in [0.15, 0.2) is 0 Å². The third kappa shape index (κ3) is 5.01. The van der Waals surface area contributed by atoms with Crippen molar-refractivity contribution in [1.82, 2.24) is 20.2 Å². The van der Waals surface area contributed by atoms with Crippen molar-refractivity contribution in [3.63, 3.8) is 0 Å². The second kappa shape index (κ2) is 9.23. The molecule has 1 saturated heterocycles. The summed E-state index contributed by atoms with van der Waals surface area (Å²) in [4.78, 5) is 44.9. The van der Waals surface area contributed by atoms with Crippen LogP contribution in [0.2, 0.25) is 0 Å². The van der Waals surface area contributed by atoms with Crippen molar-refractivity contribution in [3.8, 4) is 5.75 Å². The van der Waals surface area contributed by atoms with Gasteiger partial charge in [0.2, 0.25) is 5.91 Å². The number of rotatable bonds is 8. The zero-order chi connectivity index (χ0) is 19.9. The Kier molecular flexibility index (Phi) is 6.49. The molecule has 0 bridgehead atoms. The van der Waals surface area contributed by atoms with Crippen LogP contribution in [0.4, 0.5) is 4.79 Å². The zero-order valence-electron chi connectivity index (χ0n) is 15.3. The highest BCUT2D eigenvalue weighted by Gasteiger charge is 2.34. The number of aromatic amines is 1. The maximum atomic E-state index is 12.5. The number of hydrogen-bond acceptors (Lipinski definition) is 6. The Morgan fingerprint density at radius 3 is 2.79 bits per heavy atom. The van der Waals surface area contributed by atoms with E-state index in [4.69, 9.17) is 4.74 Å². The number of carbonyl (C=O) groups is 3. The first-order valence-electron chi connectivity index (χ1n) is 8.70. The molecule has 0 saturated carbocycles. The summed E-state index contributed by atoms with van der Waals surface area (Å²) >= 11 is 0.879. The number of aromatic nitrogens is 2. The number of imide groups is 1. The van der Waals surface area contributed by atoms with E-state index in [1.165, 1.54) is 0 Å². The molecule has 1 aliphatic heterocycles. The monoisotopic (exact) mass is 400 g/mol. The number of imidazole rings is 1. The van der Waals surface area contributed by atoms with E-state index in [2.05, 4.69) is 15.3 Å². The number of ether oxygens (including phenoxy) is 1. The van der Waals surface area contributed by atoms with E-state index in [9.17, 15) is 14.4 Å².